The molecule has 3 aliphatic heterocycles. The molecule has 0 amide bonds. The number of rotatable bonds is 24. The van der Waals surface area contributed by atoms with Crippen LogP contribution >= 0.6 is 0 Å². The van der Waals surface area contributed by atoms with Crippen LogP contribution in [0.4, 0.5) is 11.4 Å². The van der Waals surface area contributed by atoms with Crippen molar-refractivity contribution in [3.8, 4) is 11.5 Å². The van der Waals surface area contributed by atoms with Gasteiger partial charge in [0.15, 0.2) is 18.9 Å². The molecule has 12 atom stereocenters. The van der Waals surface area contributed by atoms with Crippen LogP contribution in [0.2, 0.25) is 0 Å². The summed E-state index contributed by atoms with van der Waals surface area (Å²) in [4.78, 5) is 16.4. The van der Waals surface area contributed by atoms with E-state index in [1.54, 1.807) is 18.2 Å². The highest BCUT2D eigenvalue weighted by molar-refractivity contribution is 5.91. The number of anilines is 2. The maximum Gasteiger partial charge on any atom is 0.302 e. The molecule has 6 aromatic rings. The number of esters is 1. The number of likely N-dealkylation sites (N-methyl/N-ethyl adjacent to an activating group) is 1. The third-order valence-corrected chi connectivity index (χ3v) is 18.7. The second-order valence-corrected chi connectivity index (χ2v) is 25.4. The maximum atomic E-state index is 11.8. The summed E-state index contributed by atoms with van der Waals surface area (Å²) < 4.78 is 53.1. The molecule has 0 radical (unpaired) electrons. The Bertz CT molecular complexity index is 3520. The standard InChI is InChI=1S/C77H96N2O11/c1-11-21-74-84-66(46-67(85-74)48-69-45-65(43-61(82)42-62(12-2)83-53(8)80)88-76(90-69)58-26-19-28-60(81)40-58)47-68-44-63(13-3)87-77(89-68)59-27-20-29-64(41-59)86-75-56(34-32-49(4)78(9)72-38-36-54-22-14-16-30-70(54)51(72)6)24-18-25-57(75)35-33-50(5)79(10)73-39-37-55-23-15-17-31-71(55)52(73)7/h14-17,19-20,22-23,26-41,49,61-63,65-69,74,76-77,81-82H,11-13,18,21,24-25,42-48H2,1-10H3/b34-32+,50-33+,57-35+. The van der Waals surface area contributed by atoms with Crippen molar-refractivity contribution in [2.24, 2.45) is 0 Å². The number of aliphatic hydroxyl groups excluding tert-OH is 1. The summed E-state index contributed by atoms with van der Waals surface area (Å²) in [6, 6.07) is 41.3. The number of allylic oxidation sites excluding steroid dienone is 6. The Kier molecular flexibility index (Phi) is 22.8. The SMILES string of the molecule is CCCC1OC(CC2CC(CC)OC(c3cccc(OC4=C(/C=C/C(C)N(C)c5ccc6ccccc6c5C)CCC/C4=C\C=C(/C)N(C)c4ccc5ccccc5c4C)c3)O2)CC(CC2CC(CC(O)CC(CC)OC(C)=O)OC(c3cccc(O)c3)O2)O1. The lowest BCUT2D eigenvalue weighted by Crippen LogP contribution is -2.44. The van der Waals surface area contributed by atoms with Gasteiger partial charge in [0.1, 0.15) is 23.4 Å². The fraction of sp³-hybridized carbons (Fsp3) is 0.468. The topological polar surface area (TPSA) is 138 Å². The molecule has 12 unspecified atom stereocenters. The number of fused-ring (bicyclic) bond motifs is 2. The Morgan fingerprint density at radius 3 is 1.92 bits per heavy atom. The molecule has 0 bridgehead atoms. The zero-order valence-electron chi connectivity index (χ0n) is 54.6. The summed E-state index contributed by atoms with van der Waals surface area (Å²) >= 11 is 0. The van der Waals surface area contributed by atoms with Crippen molar-refractivity contribution in [3.63, 3.8) is 0 Å². The molecule has 10 rings (SSSR count). The summed E-state index contributed by atoms with van der Waals surface area (Å²) in [5, 5.41) is 26.8. The zero-order chi connectivity index (χ0) is 63.4. The van der Waals surface area contributed by atoms with Crippen molar-refractivity contribution in [1.29, 1.82) is 0 Å². The first-order chi connectivity index (χ1) is 43.5. The lowest BCUT2D eigenvalue weighted by molar-refractivity contribution is -0.287. The average Bonchev–Trinajstić information content (AvgIpc) is 0.894. The molecule has 3 heterocycles. The number of aryl methyl sites for hydroxylation is 2. The molecule has 0 spiro atoms. The molecule has 2 N–H and O–H groups in total. The number of benzene rings is 6. The average molecular weight is 1230 g/mol. The first kappa shape index (κ1) is 66.1. The number of hydrogen-bond donors (Lipinski definition) is 2. The normalized spacial score (nSPS) is 24.9. The molecule has 6 aromatic carbocycles. The van der Waals surface area contributed by atoms with E-state index in [2.05, 4.69) is 175 Å². The minimum atomic E-state index is -0.762. The molecule has 90 heavy (non-hydrogen) atoms. The summed E-state index contributed by atoms with van der Waals surface area (Å²) in [6.45, 7) is 16.5. The van der Waals surface area contributed by atoms with Gasteiger partial charge in [0.2, 0.25) is 0 Å². The molecule has 0 aromatic heterocycles. The van der Waals surface area contributed by atoms with E-state index in [0.717, 1.165) is 73.1 Å². The van der Waals surface area contributed by atoms with E-state index >= 15 is 0 Å². The molecule has 13 nitrogen and oxygen atoms in total. The van der Waals surface area contributed by atoms with E-state index in [9.17, 15) is 15.0 Å². The molecule has 480 valence electrons. The number of phenols is 1. The van der Waals surface area contributed by atoms with E-state index in [0.29, 0.717) is 56.3 Å². The van der Waals surface area contributed by atoms with Gasteiger partial charge in [0.25, 0.3) is 0 Å². The van der Waals surface area contributed by atoms with Crippen molar-refractivity contribution in [3.05, 3.63) is 190 Å². The first-order valence-corrected chi connectivity index (χ1v) is 33.1. The largest absolute Gasteiger partial charge is 0.508 e. The molecule has 3 fully saturated rings. The van der Waals surface area contributed by atoms with Crippen LogP contribution in [0.1, 0.15) is 166 Å². The van der Waals surface area contributed by atoms with Crippen molar-refractivity contribution in [2.45, 2.75) is 219 Å². The Morgan fingerprint density at radius 2 is 1.28 bits per heavy atom. The molecule has 1 aliphatic carbocycles. The van der Waals surface area contributed by atoms with Gasteiger partial charge in [-0.15, -0.1) is 0 Å². The Hall–Kier alpha value is -6.81. The van der Waals surface area contributed by atoms with Crippen LogP contribution in [0, 0.1) is 13.8 Å². The van der Waals surface area contributed by atoms with Gasteiger partial charge in [-0.25, -0.2) is 0 Å². The number of carbonyl (C=O) groups excluding carboxylic acids is 1. The molecule has 3 saturated heterocycles. The lowest BCUT2D eigenvalue weighted by atomic mass is 9.91. The van der Waals surface area contributed by atoms with E-state index in [4.69, 9.17) is 37.9 Å². The number of phenolic OH excluding ortho intramolecular Hbond substituents is 1. The fourth-order valence-electron chi connectivity index (χ4n) is 13.5. The third-order valence-electron chi connectivity index (χ3n) is 18.7. The van der Waals surface area contributed by atoms with Gasteiger partial charge < -0.3 is 57.9 Å². The van der Waals surface area contributed by atoms with E-state index in [-0.39, 0.29) is 54.4 Å². The summed E-state index contributed by atoms with van der Waals surface area (Å²) in [5.41, 5.74) is 9.90. The summed E-state index contributed by atoms with van der Waals surface area (Å²) in [5.74, 6) is 1.34. The van der Waals surface area contributed by atoms with Crippen LogP contribution in [0.25, 0.3) is 21.5 Å². The Balaban J connectivity index is 0.871. The van der Waals surface area contributed by atoms with E-state index in [1.165, 1.54) is 51.0 Å². The predicted octanol–water partition coefficient (Wildman–Crippen LogP) is 17.2. The smallest absolute Gasteiger partial charge is 0.302 e. The molecule has 0 saturated carbocycles. The minimum Gasteiger partial charge on any atom is -0.508 e. The van der Waals surface area contributed by atoms with Gasteiger partial charge in [-0.05, 0) is 159 Å². The first-order valence-electron chi connectivity index (χ1n) is 33.1. The van der Waals surface area contributed by atoms with Crippen LogP contribution in [-0.4, -0.2) is 91.4 Å². The zero-order valence-corrected chi connectivity index (χ0v) is 54.6. The number of ether oxygens (including phenoxy) is 8. The van der Waals surface area contributed by atoms with Gasteiger partial charge in [-0.1, -0.05) is 130 Å². The summed E-state index contributed by atoms with van der Waals surface area (Å²) in [7, 11) is 4.33. The van der Waals surface area contributed by atoms with E-state index < -0.39 is 31.1 Å². The summed E-state index contributed by atoms with van der Waals surface area (Å²) in [6.07, 6.45) is 14.6. The number of carbonyl (C=O) groups is 1. The van der Waals surface area contributed by atoms with Crippen molar-refractivity contribution < 1.29 is 52.9 Å². The van der Waals surface area contributed by atoms with Gasteiger partial charge in [0, 0.05) is 93.8 Å². The maximum absolute atomic E-state index is 11.8. The van der Waals surface area contributed by atoms with Crippen LogP contribution < -0.4 is 14.5 Å². The van der Waals surface area contributed by atoms with Crippen LogP contribution in [0.3, 0.4) is 0 Å². The van der Waals surface area contributed by atoms with Crippen LogP contribution in [-0.2, 0) is 38.0 Å². The van der Waals surface area contributed by atoms with E-state index in [1.807, 2.05) is 25.1 Å². The highest BCUT2D eigenvalue weighted by atomic mass is 16.7. The van der Waals surface area contributed by atoms with Gasteiger partial charge in [-0.2, -0.15) is 0 Å². The number of hydrogen-bond acceptors (Lipinski definition) is 13. The van der Waals surface area contributed by atoms with Gasteiger partial charge >= 0.3 is 5.97 Å². The predicted molar refractivity (Wildman–Crippen MR) is 359 cm³/mol. The fourth-order valence-corrected chi connectivity index (χ4v) is 13.5. The second-order valence-electron chi connectivity index (χ2n) is 25.4. The number of nitrogens with zero attached hydrogens (tertiary/aromatic N) is 2. The van der Waals surface area contributed by atoms with Gasteiger partial charge in [-0.3, -0.25) is 4.79 Å². The quantitative estimate of drug-likeness (QED) is 0.0557. The molecular weight excluding hydrogens is 1130 g/mol. The van der Waals surface area contributed by atoms with Crippen molar-refractivity contribution >= 4 is 38.9 Å². The lowest BCUT2D eigenvalue weighted by Gasteiger charge is -2.42. The number of aromatic hydroxyl groups is 1. The van der Waals surface area contributed by atoms with Gasteiger partial charge in [0.05, 0.1) is 42.7 Å². The van der Waals surface area contributed by atoms with Crippen LogP contribution in [0.15, 0.2) is 168 Å². The van der Waals surface area contributed by atoms with Crippen molar-refractivity contribution in [2.75, 3.05) is 23.9 Å². The highest BCUT2D eigenvalue weighted by Gasteiger charge is 2.40. The minimum absolute atomic E-state index is 0.0308. The molecule has 4 aliphatic rings. The third kappa shape index (κ3) is 16.8. The number of aliphatic hydroxyl groups is 1. The van der Waals surface area contributed by atoms with Crippen molar-refractivity contribution in [1.82, 2.24) is 0 Å². The molecule has 13 heteroatoms. The second kappa shape index (κ2) is 31.0. The monoisotopic (exact) mass is 1220 g/mol. The highest BCUT2D eigenvalue weighted by Crippen LogP contribution is 2.42. The Labute approximate surface area is 534 Å². The Morgan fingerprint density at radius 1 is 0.689 bits per heavy atom. The molecular formula is C77H96N2O11. The van der Waals surface area contributed by atoms with Crippen LogP contribution in [0.5, 0.6) is 11.5 Å².